The molecule has 0 unspecified atom stereocenters. The molecule has 0 radical (unpaired) electrons. The van der Waals surface area contributed by atoms with Crippen LogP contribution in [0.25, 0.3) is 11.5 Å². The van der Waals surface area contributed by atoms with Gasteiger partial charge in [0.25, 0.3) is 0 Å². The summed E-state index contributed by atoms with van der Waals surface area (Å²) in [6.45, 7) is 10.0. The number of ether oxygens (including phenoxy) is 2. The van der Waals surface area contributed by atoms with Gasteiger partial charge in [0, 0.05) is 37.2 Å². The van der Waals surface area contributed by atoms with Crippen LogP contribution in [-0.2, 0) is 22.4 Å². The van der Waals surface area contributed by atoms with Gasteiger partial charge in [-0.2, -0.15) is 0 Å². The van der Waals surface area contributed by atoms with E-state index < -0.39 is 5.97 Å². The van der Waals surface area contributed by atoms with Gasteiger partial charge in [-0.3, -0.25) is 4.79 Å². The summed E-state index contributed by atoms with van der Waals surface area (Å²) in [5.41, 5.74) is 5.17. The third kappa shape index (κ3) is 6.42. The Morgan fingerprint density at radius 3 is 2.51 bits per heavy atom. The lowest BCUT2D eigenvalue weighted by Gasteiger charge is -2.28. The van der Waals surface area contributed by atoms with Crippen LogP contribution < -0.4 is 9.64 Å². The number of morpholine rings is 1. The smallest absolute Gasteiger partial charge is 0.303 e. The molecule has 0 amide bonds. The first-order valence-electron chi connectivity index (χ1n) is 12.3. The van der Waals surface area contributed by atoms with Gasteiger partial charge in [-0.05, 0) is 66.8 Å². The van der Waals surface area contributed by atoms with Crippen LogP contribution in [0.1, 0.15) is 48.8 Å². The van der Waals surface area contributed by atoms with E-state index in [-0.39, 0.29) is 12.3 Å². The van der Waals surface area contributed by atoms with Crippen LogP contribution >= 0.6 is 0 Å². The highest BCUT2D eigenvalue weighted by molar-refractivity contribution is 5.67. The zero-order chi connectivity index (χ0) is 24.8. The van der Waals surface area contributed by atoms with Gasteiger partial charge in [0.2, 0.25) is 5.89 Å². The first kappa shape index (κ1) is 24.8. The summed E-state index contributed by atoms with van der Waals surface area (Å²) in [6, 6.07) is 14.2. The predicted molar refractivity (Wildman–Crippen MR) is 135 cm³/mol. The second-order valence-electron chi connectivity index (χ2n) is 9.21. The van der Waals surface area contributed by atoms with E-state index in [4.69, 9.17) is 24.0 Å². The van der Waals surface area contributed by atoms with Crippen LogP contribution in [0, 0.1) is 6.92 Å². The highest BCUT2D eigenvalue weighted by Crippen LogP contribution is 2.29. The fourth-order valence-electron chi connectivity index (χ4n) is 4.30. The quantitative estimate of drug-likeness (QED) is 0.426. The van der Waals surface area contributed by atoms with E-state index in [1.54, 1.807) is 0 Å². The molecule has 7 heteroatoms. The molecule has 1 aromatic heterocycles. The fraction of sp³-hybridized carbons (Fsp3) is 0.429. The molecule has 0 saturated carbocycles. The van der Waals surface area contributed by atoms with Crippen molar-refractivity contribution in [3.05, 3.63) is 65.0 Å². The lowest BCUT2D eigenvalue weighted by molar-refractivity contribution is -0.136. The number of carboxylic acids is 1. The molecule has 35 heavy (non-hydrogen) atoms. The summed E-state index contributed by atoms with van der Waals surface area (Å²) < 4.78 is 17.6. The molecule has 0 aliphatic carbocycles. The number of hydrogen-bond donors (Lipinski definition) is 1. The third-order valence-electron chi connectivity index (χ3n) is 6.29. The van der Waals surface area contributed by atoms with Crippen molar-refractivity contribution in [3.8, 4) is 17.2 Å². The number of hydrogen-bond acceptors (Lipinski definition) is 6. The van der Waals surface area contributed by atoms with Gasteiger partial charge in [-0.1, -0.05) is 19.9 Å². The summed E-state index contributed by atoms with van der Waals surface area (Å²) in [7, 11) is 0. The Hall–Kier alpha value is -3.32. The van der Waals surface area contributed by atoms with Gasteiger partial charge in [0.05, 0.1) is 25.5 Å². The lowest BCUT2D eigenvalue weighted by atomic mass is 10.0. The maximum absolute atomic E-state index is 10.8. The van der Waals surface area contributed by atoms with Crippen molar-refractivity contribution in [2.24, 2.45) is 0 Å². The monoisotopic (exact) mass is 478 g/mol. The van der Waals surface area contributed by atoms with Crippen molar-refractivity contribution in [1.29, 1.82) is 0 Å². The molecular formula is C28H34N2O5. The Balaban J connectivity index is 1.40. The minimum absolute atomic E-state index is 0.128. The first-order valence-corrected chi connectivity index (χ1v) is 12.3. The second kappa shape index (κ2) is 11.4. The summed E-state index contributed by atoms with van der Waals surface area (Å²) >= 11 is 0. The van der Waals surface area contributed by atoms with Crippen molar-refractivity contribution >= 4 is 11.7 Å². The second-order valence-corrected chi connectivity index (χ2v) is 9.21. The van der Waals surface area contributed by atoms with Crippen molar-refractivity contribution in [3.63, 3.8) is 0 Å². The normalized spacial score (nSPS) is 13.9. The van der Waals surface area contributed by atoms with E-state index in [2.05, 4.69) is 43.0 Å². The van der Waals surface area contributed by atoms with Crippen molar-refractivity contribution < 1.29 is 23.8 Å². The van der Waals surface area contributed by atoms with Gasteiger partial charge in [0.15, 0.2) is 0 Å². The average Bonchev–Trinajstić information content (AvgIpc) is 3.29. The molecule has 186 valence electrons. The van der Waals surface area contributed by atoms with Gasteiger partial charge in [0.1, 0.15) is 11.5 Å². The van der Waals surface area contributed by atoms with Crippen LogP contribution in [0.2, 0.25) is 0 Å². The van der Waals surface area contributed by atoms with Crippen LogP contribution in [0.4, 0.5) is 5.69 Å². The minimum atomic E-state index is -0.787. The van der Waals surface area contributed by atoms with Crippen LogP contribution in [0.15, 0.2) is 46.9 Å². The summed E-state index contributed by atoms with van der Waals surface area (Å²) in [4.78, 5) is 18.0. The maximum atomic E-state index is 10.8. The molecule has 0 atom stereocenters. The number of anilines is 1. The molecule has 4 rings (SSSR count). The van der Waals surface area contributed by atoms with Crippen molar-refractivity contribution in [2.45, 2.75) is 46.0 Å². The van der Waals surface area contributed by atoms with Crippen molar-refractivity contribution in [1.82, 2.24) is 4.98 Å². The van der Waals surface area contributed by atoms with Gasteiger partial charge in [-0.25, -0.2) is 4.98 Å². The molecule has 1 aliphatic rings. The van der Waals surface area contributed by atoms with E-state index in [1.165, 1.54) is 5.69 Å². The van der Waals surface area contributed by atoms with Crippen molar-refractivity contribution in [2.75, 3.05) is 37.8 Å². The molecule has 7 nitrogen and oxygen atoms in total. The van der Waals surface area contributed by atoms with E-state index in [0.29, 0.717) is 25.3 Å². The number of benzene rings is 2. The topological polar surface area (TPSA) is 85.0 Å². The van der Waals surface area contributed by atoms with Gasteiger partial charge < -0.3 is 23.9 Å². The Bertz CT molecular complexity index is 1130. The summed E-state index contributed by atoms with van der Waals surface area (Å²) in [6.07, 6.45) is 1.27. The molecular weight excluding hydrogens is 444 g/mol. The number of carbonyl (C=O) groups is 1. The summed E-state index contributed by atoms with van der Waals surface area (Å²) in [5, 5.41) is 8.90. The van der Waals surface area contributed by atoms with E-state index in [0.717, 1.165) is 60.2 Å². The molecule has 2 heterocycles. The summed E-state index contributed by atoms with van der Waals surface area (Å²) in [5.74, 6) is 1.71. The number of nitrogens with zero attached hydrogens (tertiary/aromatic N) is 2. The largest absolute Gasteiger partial charge is 0.493 e. The Kier molecular flexibility index (Phi) is 8.08. The number of oxazole rings is 1. The van der Waals surface area contributed by atoms with Gasteiger partial charge >= 0.3 is 5.97 Å². The lowest BCUT2D eigenvalue weighted by Crippen LogP contribution is -2.36. The molecule has 1 fully saturated rings. The van der Waals surface area contributed by atoms with Crippen LogP contribution in [0.5, 0.6) is 5.75 Å². The number of aliphatic carboxylic acids is 1. The van der Waals surface area contributed by atoms with Crippen LogP contribution in [-0.4, -0.2) is 49.0 Å². The zero-order valence-corrected chi connectivity index (χ0v) is 20.8. The molecule has 3 aromatic rings. The van der Waals surface area contributed by atoms with E-state index >= 15 is 0 Å². The Morgan fingerprint density at radius 1 is 1.11 bits per heavy atom. The standard InChI is InChI=1S/C28H34N2O5/c1-19(2)27-25(12-15-34-24-10-6-21(20(3)18-24)7-11-26(31)32)35-28(29-27)22-4-8-23(9-5-22)30-13-16-33-17-14-30/h4-6,8-10,18-19H,7,11-17H2,1-3H3,(H,31,32). The number of aromatic nitrogens is 1. The van der Waals surface area contributed by atoms with E-state index in [9.17, 15) is 4.79 Å². The zero-order valence-electron chi connectivity index (χ0n) is 20.8. The Labute approximate surface area is 206 Å². The number of aryl methyl sites for hydroxylation is 2. The Morgan fingerprint density at radius 2 is 1.86 bits per heavy atom. The highest BCUT2D eigenvalue weighted by atomic mass is 16.5. The minimum Gasteiger partial charge on any atom is -0.493 e. The molecule has 2 aromatic carbocycles. The number of carboxylic acid groups (broad SMARTS) is 1. The van der Waals surface area contributed by atoms with E-state index in [1.807, 2.05) is 25.1 Å². The fourth-order valence-corrected chi connectivity index (χ4v) is 4.30. The third-order valence-corrected chi connectivity index (χ3v) is 6.29. The average molecular weight is 479 g/mol. The van der Waals surface area contributed by atoms with Gasteiger partial charge in [-0.15, -0.1) is 0 Å². The maximum Gasteiger partial charge on any atom is 0.303 e. The molecule has 1 aliphatic heterocycles. The SMILES string of the molecule is Cc1cc(OCCc2oc(-c3ccc(N4CCOCC4)cc3)nc2C(C)C)ccc1CCC(=O)O. The number of rotatable bonds is 10. The molecule has 0 spiro atoms. The first-order chi connectivity index (χ1) is 16.9. The highest BCUT2D eigenvalue weighted by Gasteiger charge is 2.18. The van der Waals surface area contributed by atoms with Crippen LogP contribution in [0.3, 0.4) is 0 Å². The molecule has 1 N–H and O–H groups in total. The molecule has 0 bridgehead atoms. The predicted octanol–water partition coefficient (Wildman–Crippen LogP) is 5.25. The molecule has 1 saturated heterocycles.